The lowest BCUT2D eigenvalue weighted by Gasteiger charge is -2.44. The van der Waals surface area contributed by atoms with Crippen LogP contribution in [0.2, 0.25) is 0 Å². The standard InChI is InChI=1S/C19H25NO3S/c1-19(2,3)23-18(21)20-15-8-14(9-16(20)12-22-11-15)13-6-5-7-17(10-13)24-4/h5-8,10,15-16H,9,11-12H2,1-4H3. The Labute approximate surface area is 148 Å². The van der Waals surface area contributed by atoms with Crippen molar-refractivity contribution in [1.82, 2.24) is 4.90 Å². The number of amides is 1. The van der Waals surface area contributed by atoms with E-state index in [1.54, 1.807) is 11.8 Å². The molecule has 5 heteroatoms. The number of morpholine rings is 1. The zero-order chi connectivity index (χ0) is 17.3. The average molecular weight is 347 g/mol. The van der Waals surface area contributed by atoms with Gasteiger partial charge in [-0.3, -0.25) is 4.90 Å². The smallest absolute Gasteiger partial charge is 0.411 e. The summed E-state index contributed by atoms with van der Waals surface area (Å²) in [6.45, 7) is 6.79. The van der Waals surface area contributed by atoms with Crippen molar-refractivity contribution in [2.45, 2.75) is 49.8 Å². The molecule has 0 aliphatic carbocycles. The number of carbonyl (C=O) groups excluding carboxylic acids is 1. The molecule has 0 aromatic heterocycles. The quantitative estimate of drug-likeness (QED) is 0.752. The molecule has 0 saturated carbocycles. The van der Waals surface area contributed by atoms with Crippen molar-refractivity contribution < 1.29 is 14.3 Å². The Balaban J connectivity index is 1.85. The Hall–Kier alpha value is -1.46. The number of hydrogen-bond donors (Lipinski definition) is 0. The van der Waals surface area contributed by atoms with Gasteiger partial charge in [0.05, 0.1) is 25.3 Å². The second kappa shape index (κ2) is 6.81. The highest BCUT2D eigenvalue weighted by Gasteiger charge is 2.40. The van der Waals surface area contributed by atoms with Crippen LogP contribution in [0.4, 0.5) is 4.79 Å². The highest BCUT2D eigenvalue weighted by atomic mass is 32.2. The molecule has 0 spiro atoms. The van der Waals surface area contributed by atoms with Gasteiger partial charge < -0.3 is 9.47 Å². The zero-order valence-electron chi connectivity index (χ0n) is 14.7. The number of thioether (sulfide) groups is 1. The maximum absolute atomic E-state index is 12.6. The Bertz CT molecular complexity index is 650. The lowest BCUT2D eigenvalue weighted by molar-refractivity contribution is -0.0510. The molecule has 0 N–H and O–H groups in total. The van der Waals surface area contributed by atoms with Crippen molar-refractivity contribution in [3.05, 3.63) is 35.9 Å². The fourth-order valence-electron chi connectivity index (χ4n) is 3.23. The lowest BCUT2D eigenvalue weighted by Crippen LogP contribution is -2.57. The number of carbonyl (C=O) groups is 1. The van der Waals surface area contributed by atoms with Crippen molar-refractivity contribution in [3.63, 3.8) is 0 Å². The van der Waals surface area contributed by atoms with Crippen molar-refractivity contribution >= 4 is 23.4 Å². The van der Waals surface area contributed by atoms with E-state index in [1.807, 2.05) is 25.7 Å². The summed E-state index contributed by atoms with van der Waals surface area (Å²) in [5.74, 6) is 0. The molecule has 4 nitrogen and oxygen atoms in total. The van der Waals surface area contributed by atoms with Crippen LogP contribution >= 0.6 is 11.8 Å². The molecule has 0 radical (unpaired) electrons. The van der Waals surface area contributed by atoms with E-state index in [4.69, 9.17) is 9.47 Å². The monoisotopic (exact) mass is 347 g/mol. The number of nitrogens with zero attached hydrogens (tertiary/aromatic N) is 1. The third-order valence-electron chi connectivity index (χ3n) is 4.24. The van der Waals surface area contributed by atoms with Gasteiger partial charge >= 0.3 is 6.09 Å². The predicted molar refractivity (Wildman–Crippen MR) is 97.3 cm³/mol. The summed E-state index contributed by atoms with van der Waals surface area (Å²) in [6.07, 6.45) is 4.81. The molecule has 1 saturated heterocycles. The second-order valence-corrected chi connectivity index (χ2v) is 8.15. The number of rotatable bonds is 2. The van der Waals surface area contributed by atoms with Crippen LogP contribution < -0.4 is 0 Å². The average Bonchev–Trinajstić information content (AvgIpc) is 2.52. The predicted octanol–water partition coefficient (Wildman–Crippen LogP) is 4.20. The Morgan fingerprint density at radius 1 is 1.33 bits per heavy atom. The van der Waals surface area contributed by atoms with Crippen molar-refractivity contribution in [1.29, 1.82) is 0 Å². The third kappa shape index (κ3) is 3.78. The van der Waals surface area contributed by atoms with Crippen LogP contribution in [-0.4, -0.2) is 48.1 Å². The van der Waals surface area contributed by atoms with Crippen LogP contribution in [-0.2, 0) is 9.47 Å². The van der Waals surface area contributed by atoms with Gasteiger partial charge in [0.25, 0.3) is 0 Å². The zero-order valence-corrected chi connectivity index (χ0v) is 15.6. The topological polar surface area (TPSA) is 38.8 Å². The minimum Gasteiger partial charge on any atom is -0.444 e. The van der Waals surface area contributed by atoms with Crippen LogP contribution in [0.3, 0.4) is 0 Å². The van der Waals surface area contributed by atoms with Gasteiger partial charge in [0.15, 0.2) is 0 Å². The molecule has 2 heterocycles. The van der Waals surface area contributed by atoms with Crippen LogP contribution in [0, 0.1) is 0 Å². The van der Waals surface area contributed by atoms with Crippen LogP contribution in [0.25, 0.3) is 5.57 Å². The van der Waals surface area contributed by atoms with Crippen molar-refractivity contribution in [2.75, 3.05) is 19.5 Å². The normalized spacial score (nSPS) is 23.7. The van der Waals surface area contributed by atoms with Gasteiger partial charge in [0.2, 0.25) is 0 Å². The Morgan fingerprint density at radius 3 is 2.79 bits per heavy atom. The Kier molecular flexibility index (Phi) is 4.92. The molecule has 1 aromatic rings. The first kappa shape index (κ1) is 17.4. The summed E-state index contributed by atoms with van der Waals surface area (Å²) >= 11 is 1.74. The fraction of sp³-hybridized carbons (Fsp3) is 0.526. The molecule has 2 bridgehead atoms. The first-order chi connectivity index (χ1) is 11.4. The van der Waals surface area contributed by atoms with Crippen LogP contribution in [0.15, 0.2) is 35.2 Å². The molecule has 1 aromatic carbocycles. The van der Waals surface area contributed by atoms with E-state index < -0.39 is 5.60 Å². The number of ether oxygens (including phenoxy) is 2. The summed E-state index contributed by atoms with van der Waals surface area (Å²) in [5, 5.41) is 0. The van der Waals surface area contributed by atoms with Gasteiger partial charge in [-0.25, -0.2) is 4.79 Å². The highest BCUT2D eigenvalue weighted by molar-refractivity contribution is 7.98. The number of benzene rings is 1. The van der Waals surface area contributed by atoms with Gasteiger partial charge in [0, 0.05) is 4.90 Å². The molecule has 130 valence electrons. The maximum atomic E-state index is 12.6. The number of fused-ring (bicyclic) bond motifs is 2. The molecular weight excluding hydrogens is 322 g/mol. The summed E-state index contributed by atoms with van der Waals surface area (Å²) in [4.78, 5) is 15.7. The SMILES string of the molecule is CSc1cccc(C2=CC3COCC(C2)N3C(=O)OC(C)(C)C)c1. The van der Waals surface area contributed by atoms with Crippen LogP contribution in [0.1, 0.15) is 32.8 Å². The van der Waals surface area contributed by atoms with E-state index >= 15 is 0 Å². The van der Waals surface area contributed by atoms with E-state index in [2.05, 4.69) is 36.6 Å². The molecule has 1 fully saturated rings. The van der Waals surface area contributed by atoms with Crippen molar-refractivity contribution in [2.24, 2.45) is 0 Å². The van der Waals surface area contributed by atoms with Gasteiger partial charge in [-0.1, -0.05) is 18.2 Å². The summed E-state index contributed by atoms with van der Waals surface area (Å²) in [6, 6.07) is 8.56. The van der Waals surface area contributed by atoms with E-state index in [0.29, 0.717) is 13.2 Å². The fourth-order valence-corrected chi connectivity index (χ4v) is 3.69. The summed E-state index contributed by atoms with van der Waals surface area (Å²) in [5.41, 5.74) is 2.05. The molecular formula is C19H25NO3S. The van der Waals surface area contributed by atoms with Crippen LogP contribution in [0.5, 0.6) is 0 Å². The minimum absolute atomic E-state index is 0.0385. The summed E-state index contributed by atoms with van der Waals surface area (Å²) < 4.78 is 11.3. The lowest BCUT2D eigenvalue weighted by atomic mass is 9.90. The van der Waals surface area contributed by atoms with E-state index in [0.717, 1.165) is 6.42 Å². The molecule has 2 aliphatic rings. The first-order valence-electron chi connectivity index (χ1n) is 8.31. The van der Waals surface area contributed by atoms with E-state index in [1.165, 1.54) is 16.0 Å². The third-order valence-corrected chi connectivity index (χ3v) is 4.97. The molecule has 1 amide bonds. The maximum Gasteiger partial charge on any atom is 0.411 e. The highest BCUT2D eigenvalue weighted by Crippen LogP contribution is 2.34. The van der Waals surface area contributed by atoms with Gasteiger partial charge in [-0.15, -0.1) is 11.8 Å². The van der Waals surface area contributed by atoms with E-state index in [-0.39, 0.29) is 18.2 Å². The molecule has 3 rings (SSSR count). The van der Waals surface area contributed by atoms with Gasteiger partial charge in [-0.2, -0.15) is 0 Å². The second-order valence-electron chi connectivity index (χ2n) is 7.27. The Morgan fingerprint density at radius 2 is 2.12 bits per heavy atom. The largest absolute Gasteiger partial charge is 0.444 e. The molecule has 2 aliphatic heterocycles. The molecule has 2 unspecified atom stereocenters. The summed E-state index contributed by atoms with van der Waals surface area (Å²) in [7, 11) is 0. The molecule has 24 heavy (non-hydrogen) atoms. The van der Waals surface area contributed by atoms with Crippen molar-refractivity contribution in [3.8, 4) is 0 Å². The first-order valence-corrected chi connectivity index (χ1v) is 9.54. The number of hydrogen-bond acceptors (Lipinski definition) is 4. The molecule has 2 atom stereocenters. The minimum atomic E-state index is -0.483. The van der Waals surface area contributed by atoms with E-state index in [9.17, 15) is 4.79 Å². The van der Waals surface area contributed by atoms with Gasteiger partial charge in [-0.05, 0) is 56.7 Å². The van der Waals surface area contributed by atoms with Gasteiger partial charge in [0.1, 0.15) is 5.60 Å².